The van der Waals surface area contributed by atoms with Crippen molar-refractivity contribution in [1.82, 2.24) is 0 Å². The van der Waals surface area contributed by atoms with E-state index in [1.54, 1.807) is 23.1 Å². The van der Waals surface area contributed by atoms with E-state index in [9.17, 15) is 0 Å². The van der Waals surface area contributed by atoms with Gasteiger partial charge in [-0.2, -0.15) is 0 Å². The van der Waals surface area contributed by atoms with Crippen molar-refractivity contribution in [1.29, 1.82) is 0 Å². The van der Waals surface area contributed by atoms with Crippen LogP contribution in [0.3, 0.4) is 0 Å². The molecule has 1 nitrogen and oxygen atoms in total. The standard InChI is InChI=1S/C17H14ClNS2/c1-20-14-8-4-11(5-9-14)15-10-16(18)21-17(15)12-2-6-13(19)7-3-12/h2-10H,19H2,1H3. The van der Waals surface area contributed by atoms with Crippen molar-refractivity contribution < 1.29 is 0 Å². The molecule has 0 spiro atoms. The first-order chi connectivity index (χ1) is 10.2. The number of halogens is 1. The third kappa shape index (κ3) is 3.10. The molecule has 0 aliphatic rings. The van der Waals surface area contributed by atoms with Gasteiger partial charge in [-0.1, -0.05) is 35.9 Å². The van der Waals surface area contributed by atoms with Crippen molar-refractivity contribution in [3.05, 3.63) is 58.9 Å². The lowest BCUT2D eigenvalue weighted by Crippen LogP contribution is -1.84. The van der Waals surface area contributed by atoms with Crippen LogP contribution in [0.15, 0.2) is 59.5 Å². The van der Waals surface area contributed by atoms with Crippen molar-refractivity contribution in [3.8, 4) is 21.6 Å². The summed E-state index contributed by atoms with van der Waals surface area (Å²) in [6.45, 7) is 0. The maximum atomic E-state index is 6.24. The molecule has 0 amide bonds. The Morgan fingerprint density at radius 2 is 1.57 bits per heavy atom. The van der Waals surface area contributed by atoms with Gasteiger partial charge >= 0.3 is 0 Å². The summed E-state index contributed by atoms with van der Waals surface area (Å²) in [5, 5.41) is 0. The smallest absolute Gasteiger partial charge is 0.0941 e. The first kappa shape index (κ1) is 14.5. The molecule has 3 aromatic rings. The predicted octanol–water partition coefficient (Wildman–Crippen LogP) is 6.04. The molecule has 1 aromatic heterocycles. The molecule has 0 fully saturated rings. The number of anilines is 1. The molecule has 0 saturated heterocycles. The zero-order chi connectivity index (χ0) is 14.8. The number of benzene rings is 2. The van der Waals surface area contributed by atoms with Crippen molar-refractivity contribution in [3.63, 3.8) is 0 Å². The van der Waals surface area contributed by atoms with Gasteiger partial charge < -0.3 is 5.73 Å². The van der Waals surface area contributed by atoms with E-state index in [2.05, 4.69) is 30.5 Å². The minimum atomic E-state index is 0.771. The number of thioether (sulfide) groups is 1. The summed E-state index contributed by atoms with van der Waals surface area (Å²) in [7, 11) is 0. The molecule has 3 rings (SSSR count). The fourth-order valence-electron chi connectivity index (χ4n) is 2.19. The Kier molecular flexibility index (Phi) is 4.24. The van der Waals surface area contributed by atoms with Crippen LogP contribution in [0.4, 0.5) is 5.69 Å². The zero-order valence-electron chi connectivity index (χ0n) is 11.5. The zero-order valence-corrected chi connectivity index (χ0v) is 13.9. The van der Waals surface area contributed by atoms with E-state index in [1.165, 1.54) is 20.9 Å². The van der Waals surface area contributed by atoms with Crippen LogP contribution in [0.25, 0.3) is 21.6 Å². The van der Waals surface area contributed by atoms with Gasteiger partial charge in [0.15, 0.2) is 0 Å². The molecule has 1 heterocycles. The SMILES string of the molecule is CSc1ccc(-c2cc(Cl)sc2-c2ccc(N)cc2)cc1. The van der Waals surface area contributed by atoms with Crippen LogP contribution in [0, 0.1) is 0 Å². The van der Waals surface area contributed by atoms with Gasteiger partial charge in [-0.15, -0.1) is 23.1 Å². The van der Waals surface area contributed by atoms with Gasteiger partial charge in [0.25, 0.3) is 0 Å². The van der Waals surface area contributed by atoms with Crippen molar-refractivity contribution in [2.45, 2.75) is 4.90 Å². The van der Waals surface area contributed by atoms with E-state index in [0.717, 1.165) is 15.6 Å². The number of hydrogen-bond donors (Lipinski definition) is 1. The number of nitrogens with two attached hydrogens (primary N) is 1. The molecule has 0 saturated carbocycles. The molecule has 0 radical (unpaired) electrons. The summed E-state index contributed by atoms with van der Waals surface area (Å²) < 4.78 is 0.797. The average Bonchev–Trinajstić information content (AvgIpc) is 2.90. The Morgan fingerprint density at radius 3 is 2.19 bits per heavy atom. The third-order valence-electron chi connectivity index (χ3n) is 3.28. The second kappa shape index (κ2) is 6.14. The quantitative estimate of drug-likeness (QED) is 0.467. The molecule has 2 N–H and O–H groups in total. The van der Waals surface area contributed by atoms with Gasteiger partial charge in [0.05, 0.1) is 4.34 Å². The lowest BCUT2D eigenvalue weighted by atomic mass is 10.0. The highest BCUT2D eigenvalue weighted by atomic mass is 35.5. The highest BCUT2D eigenvalue weighted by Crippen LogP contribution is 2.41. The van der Waals surface area contributed by atoms with Crippen molar-refractivity contribution >= 4 is 40.4 Å². The Bertz CT molecular complexity index is 745. The molecule has 21 heavy (non-hydrogen) atoms. The summed E-state index contributed by atoms with van der Waals surface area (Å²) >= 11 is 9.59. The normalized spacial score (nSPS) is 10.8. The second-order valence-electron chi connectivity index (χ2n) is 4.64. The molecule has 0 bridgehead atoms. The van der Waals surface area contributed by atoms with Gasteiger partial charge in [0, 0.05) is 21.0 Å². The first-order valence-corrected chi connectivity index (χ1v) is 8.89. The largest absolute Gasteiger partial charge is 0.399 e. The van der Waals surface area contributed by atoms with Gasteiger partial charge in [-0.05, 0) is 47.7 Å². The first-order valence-electron chi connectivity index (χ1n) is 6.47. The molecule has 106 valence electrons. The summed E-state index contributed by atoms with van der Waals surface area (Å²) in [6, 6.07) is 18.5. The van der Waals surface area contributed by atoms with Crippen LogP contribution in [-0.4, -0.2) is 6.26 Å². The van der Waals surface area contributed by atoms with Crippen LogP contribution in [-0.2, 0) is 0 Å². The molecule has 0 aliphatic carbocycles. The summed E-state index contributed by atoms with van der Waals surface area (Å²) in [5.74, 6) is 0. The Labute approximate surface area is 137 Å². The minimum absolute atomic E-state index is 0.771. The second-order valence-corrected chi connectivity index (χ2v) is 7.21. The van der Waals surface area contributed by atoms with E-state index in [1.807, 2.05) is 30.3 Å². The topological polar surface area (TPSA) is 26.0 Å². The number of thiophene rings is 1. The van der Waals surface area contributed by atoms with Crippen LogP contribution in [0.5, 0.6) is 0 Å². The van der Waals surface area contributed by atoms with Gasteiger partial charge in [0.1, 0.15) is 0 Å². The van der Waals surface area contributed by atoms with Crippen LogP contribution in [0.2, 0.25) is 4.34 Å². The van der Waals surface area contributed by atoms with Gasteiger partial charge in [-0.25, -0.2) is 0 Å². The highest BCUT2D eigenvalue weighted by molar-refractivity contribution is 7.98. The molecule has 4 heteroatoms. The van der Waals surface area contributed by atoms with E-state index in [0.29, 0.717) is 0 Å². The lowest BCUT2D eigenvalue weighted by molar-refractivity contribution is 1.47. The lowest BCUT2D eigenvalue weighted by Gasteiger charge is -2.06. The highest BCUT2D eigenvalue weighted by Gasteiger charge is 2.12. The van der Waals surface area contributed by atoms with Crippen LogP contribution >= 0.6 is 34.7 Å². The van der Waals surface area contributed by atoms with Crippen molar-refractivity contribution in [2.24, 2.45) is 0 Å². The van der Waals surface area contributed by atoms with Crippen molar-refractivity contribution in [2.75, 3.05) is 12.0 Å². The molecular weight excluding hydrogens is 318 g/mol. The summed E-state index contributed by atoms with van der Waals surface area (Å²) in [4.78, 5) is 2.44. The third-order valence-corrected chi connectivity index (χ3v) is 5.33. The van der Waals surface area contributed by atoms with Gasteiger partial charge in [0.2, 0.25) is 0 Å². The maximum absolute atomic E-state index is 6.24. The Morgan fingerprint density at radius 1 is 0.952 bits per heavy atom. The average molecular weight is 332 g/mol. The predicted molar refractivity (Wildman–Crippen MR) is 96.4 cm³/mol. The Balaban J connectivity index is 2.08. The number of hydrogen-bond acceptors (Lipinski definition) is 3. The van der Waals surface area contributed by atoms with E-state index in [4.69, 9.17) is 17.3 Å². The molecule has 0 atom stereocenters. The molecular formula is C17H14ClNS2. The Hall–Kier alpha value is -1.42. The molecule has 2 aromatic carbocycles. The molecule has 0 aliphatic heterocycles. The van der Waals surface area contributed by atoms with E-state index in [-0.39, 0.29) is 0 Å². The molecule has 0 unspecified atom stereocenters. The number of rotatable bonds is 3. The fraction of sp³-hybridized carbons (Fsp3) is 0.0588. The van der Waals surface area contributed by atoms with Crippen LogP contribution in [0.1, 0.15) is 0 Å². The monoisotopic (exact) mass is 331 g/mol. The van der Waals surface area contributed by atoms with E-state index >= 15 is 0 Å². The summed E-state index contributed by atoms with van der Waals surface area (Å²) in [5.41, 5.74) is 10.0. The van der Waals surface area contributed by atoms with E-state index < -0.39 is 0 Å². The summed E-state index contributed by atoms with van der Waals surface area (Å²) in [6.07, 6.45) is 2.08. The van der Waals surface area contributed by atoms with Crippen LogP contribution < -0.4 is 5.73 Å². The fourth-order valence-corrected chi connectivity index (χ4v) is 3.86. The maximum Gasteiger partial charge on any atom is 0.0941 e. The number of nitrogen functional groups attached to an aromatic ring is 1. The minimum Gasteiger partial charge on any atom is -0.399 e. The van der Waals surface area contributed by atoms with Gasteiger partial charge in [-0.3, -0.25) is 0 Å².